The number of esters is 2. The van der Waals surface area contributed by atoms with E-state index < -0.39 is 21.6 Å². The SMILES string of the molecule is CC(C)COC(=O)[C@@H](Br)[C@@H](Br)C(=O)OCC(C)C. The highest BCUT2D eigenvalue weighted by Crippen LogP contribution is 2.18. The molecule has 0 amide bonds. The van der Waals surface area contributed by atoms with Gasteiger partial charge in [-0.1, -0.05) is 59.6 Å². The highest BCUT2D eigenvalue weighted by molar-refractivity contribution is 9.12. The summed E-state index contributed by atoms with van der Waals surface area (Å²) in [5.74, 6) is -0.412. The van der Waals surface area contributed by atoms with E-state index in [2.05, 4.69) is 31.9 Å². The molecule has 0 spiro atoms. The quantitative estimate of drug-likeness (QED) is 0.497. The number of ether oxygens (including phenoxy) is 2. The molecule has 0 fully saturated rings. The zero-order valence-electron chi connectivity index (χ0n) is 11.1. The zero-order chi connectivity index (χ0) is 14.3. The molecule has 0 saturated heterocycles. The fraction of sp³-hybridized carbons (Fsp3) is 0.833. The van der Waals surface area contributed by atoms with Crippen molar-refractivity contribution in [2.45, 2.75) is 37.3 Å². The van der Waals surface area contributed by atoms with Gasteiger partial charge >= 0.3 is 11.9 Å². The summed E-state index contributed by atoms with van der Waals surface area (Å²) in [5, 5.41) is 0. The van der Waals surface area contributed by atoms with Gasteiger partial charge in [0.15, 0.2) is 0 Å². The van der Waals surface area contributed by atoms with E-state index >= 15 is 0 Å². The fourth-order valence-corrected chi connectivity index (χ4v) is 1.59. The lowest BCUT2D eigenvalue weighted by Gasteiger charge is -2.16. The smallest absolute Gasteiger partial charge is 0.321 e. The summed E-state index contributed by atoms with van der Waals surface area (Å²) in [6, 6.07) is 0. The average molecular weight is 388 g/mol. The molecule has 18 heavy (non-hydrogen) atoms. The first-order chi connectivity index (χ1) is 8.25. The summed E-state index contributed by atoms with van der Waals surface area (Å²) in [6.45, 7) is 8.44. The van der Waals surface area contributed by atoms with Crippen molar-refractivity contribution in [3.8, 4) is 0 Å². The van der Waals surface area contributed by atoms with Gasteiger partial charge < -0.3 is 9.47 Å². The van der Waals surface area contributed by atoms with Crippen molar-refractivity contribution < 1.29 is 19.1 Å². The van der Waals surface area contributed by atoms with Crippen LogP contribution in [0.3, 0.4) is 0 Å². The van der Waals surface area contributed by atoms with Crippen LogP contribution in [0.15, 0.2) is 0 Å². The van der Waals surface area contributed by atoms with Crippen molar-refractivity contribution in [2.75, 3.05) is 13.2 Å². The Hall–Kier alpha value is -0.100. The molecule has 0 rings (SSSR count). The van der Waals surface area contributed by atoms with Crippen molar-refractivity contribution in [2.24, 2.45) is 11.8 Å². The molecule has 0 heterocycles. The number of hydrogen-bond acceptors (Lipinski definition) is 4. The molecule has 0 saturated carbocycles. The van der Waals surface area contributed by atoms with E-state index in [9.17, 15) is 9.59 Å². The lowest BCUT2D eigenvalue weighted by molar-refractivity contribution is -0.149. The number of alkyl halides is 2. The Bertz CT molecular complexity index is 251. The molecule has 0 aliphatic carbocycles. The second-order valence-corrected chi connectivity index (χ2v) is 6.82. The normalized spacial score (nSPS) is 14.4. The Morgan fingerprint density at radius 3 is 1.33 bits per heavy atom. The van der Waals surface area contributed by atoms with E-state index in [0.29, 0.717) is 13.2 Å². The number of carbonyl (C=O) groups excluding carboxylic acids is 2. The molecule has 0 unspecified atom stereocenters. The third-order valence-electron chi connectivity index (χ3n) is 1.83. The van der Waals surface area contributed by atoms with Crippen LogP contribution < -0.4 is 0 Å². The molecule has 0 aromatic rings. The molecule has 0 aromatic heterocycles. The van der Waals surface area contributed by atoms with Gasteiger partial charge in [-0.25, -0.2) is 0 Å². The van der Waals surface area contributed by atoms with Crippen molar-refractivity contribution in [1.82, 2.24) is 0 Å². The second kappa shape index (κ2) is 8.91. The summed E-state index contributed by atoms with van der Waals surface area (Å²) in [5.41, 5.74) is 0. The van der Waals surface area contributed by atoms with Gasteiger partial charge in [0.25, 0.3) is 0 Å². The lowest BCUT2D eigenvalue weighted by atomic mass is 10.2. The van der Waals surface area contributed by atoms with E-state index in [-0.39, 0.29) is 11.8 Å². The Morgan fingerprint density at radius 1 is 0.833 bits per heavy atom. The standard InChI is InChI=1S/C12H20Br2O4/c1-7(2)5-17-11(15)9(13)10(14)12(16)18-6-8(3)4/h7-10H,5-6H2,1-4H3/t9-,10+. The summed E-state index contributed by atoms with van der Waals surface area (Å²) >= 11 is 6.29. The number of rotatable bonds is 7. The van der Waals surface area contributed by atoms with Crippen molar-refractivity contribution in [1.29, 1.82) is 0 Å². The molecule has 0 radical (unpaired) electrons. The largest absolute Gasteiger partial charge is 0.465 e. The third-order valence-corrected chi connectivity index (χ3v) is 4.34. The second-order valence-electron chi connectivity index (χ2n) is 4.85. The summed E-state index contributed by atoms with van der Waals surface area (Å²) in [7, 11) is 0. The Balaban J connectivity index is 4.18. The monoisotopic (exact) mass is 386 g/mol. The molecule has 0 aromatic carbocycles. The molecule has 2 atom stereocenters. The van der Waals surface area contributed by atoms with Crippen LogP contribution >= 0.6 is 31.9 Å². The molecule has 0 bridgehead atoms. The van der Waals surface area contributed by atoms with Gasteiger partial charge in [0, 0.05) is 0 Å². The molecule has 0 aliphatic heterocycles. The van der Waals surface area contributed by atoms with Crippen molar-refractivity contribution >= 4 is 43.8 Å². The highest BCUT2D eigenvalue weighted by Gasteiger charge is 2.32. The minimum atomic E-state index is -0.740. The van der Waals surface area contributed by atoms with E-state index in [1.54, 1.807) is 0 Å². The topological polar surface area (TPSA) is 52.6 Å². The molecular weight excluding hydrogens is 368 g/mol. The van der Waals surface area contributed by atoms with Gasteiger partial charge in [-0.15, -0.1) is 0 Å². The molecule has 4 nitrogen and oxygen atoms in total. The number of halogens is 2. The first-order valence-electron chi connectivity index (χ1n) is 5.87. The maximum absolute atomic E-state index is 11.6. The van der Waals surface area contributed by atoms with Crippen LogP contribution in [0.2, 0.25) is 0 Å². The van der Waals surface area contributed by atoms with E-state index in [4.69, 9.17) is 9.47 Å². The summed E-state index contributed by atoms with van der Waals surface area (Å²) < 4.78 is 10.1. The zero-order valence-corrected chi connectivity index (χ0v) is 14.3. The third kappa shape index (κ3) is 7.36. The van der Waals surface area contributed by atoms with Gasteiger partial charge in [-0.3, -0.25) is 9.59 Å². The predicted molar refractivity (Wildman–Crippen MR) is 77.0 cm³/mol. The van der Waals surface area contributed by atoms with Crippen LogP contribution in [0.5, 0.6) is 0 Å². The first kappa shape index (κ1) is 17.9. The van der Waals surface area contributed by atoms with E-state index in [1.807, 2.05) is 27.7 Å². The number of carbonyl (C=O) groups is 2. The summed E-state index contributed by atoms with van der Waals surface area (Å²) in [6.07, 6.45) is 0. The van der Waals surface area contributed by atoms with Gasteiger partial charge in [-0.05, 0) is 11.8 Å². The Morgan fingerprint density at radius 2 is 1.11 bits per heavy atom. The molecule has 106 valence electrons. The van der Waals surface area contributed by atoms with Crippen LogP contribution in [0.25, 0.3) is 0 Å². The molecule has 6 heteroatoms. The van der Waals surface area contributed by atoms with Gasteiger partial charge in [0.05, 0.1) is 13.2 Å². The minimum absolute atomic E-state index is 0.260. The van der Waals surface area contributed by atoms with Gasteiger partial charge in [0.1, 0.15) is 9.65 Å². The first-order valence-corrected chi connectivity index (χ1v) is 7.70. The fourth-order valence-electron chi connectivity index (χ4n) is 0.896. The van der Waals surface area contributed by atoms with Crippen LogP contribution in [0.1, 0.15) is 27.7 Å². The van der Waals surface area contributed by atoms with E-state index in [1.165, 1.54) is 0 Å². The Kier molecular flexibility index (Phi) is 8.86. The Labute approximate surface area is 125 Å². The molecular formula is C12H20Br2O4. The van der Waals surface area contributed by atoms with Gasteiger partial charge in [-0.2, -0.15) is 0 Å². The van der Waals surface area contributed by atoms with Crippen molar-refractivity contribution in [3.63, 3.8) is 0 Å². The lowest BCUT2D eigenvalue weighted by Crippen LogP contribution is -2.34. The maximum Gasteiger partial charge on any atom is 0.321 e. The van der Waals surface area contributed by atoms with E-state index in [0.717, 1.165) is 0 Å². The summed E-state index contributed by atoms with van der Waals surface area (Å²) in [4.78, 5) is 21.8. The number of hydrogen-bond donors (Lipinski definition) is 0. The van der Waals surface area contributed by atoms with Crippen molar-refractivity contribution in [3.05, 3.63) is 0 Å². The minimum Gasteiger partial charge on any atom is -0.465 e. The highest BCUT2D eigenvalue weighted by atomic mass is 79.9. The predicted octanol–water partition coefficient (Wildman–Crippen LogP) is 2.91. The molecule has 0 aliphatic rings. The van der Waals surface area contributed by atoms with Crippen LogP contribution in [-0.4, -0.2) is 34.8 Å². The van der Waals surface area contributed by atoms with Gasteiger partial charge in [0.2, 0.25) is 0 Å². The van der Waals surface area contributed by atoms with Crippen LogP contribution in [-0.2, 0) is 19.1 Å². The molecule has 0 N–H and O–H groups in total. The van der Waals surface area contributed by atoms with Crippen LogP contribution in [0.4, 0.5) is 0 Å². The average Bonchev–Trinajstić information content (AvgIpc) is 2.30. The van der Waals surface area contributed by atoms with Crippen LogP contribution in [0, 0.1) is 11.8 Å². The maximum atomic E-state index is 11.6.